The quantitative estimate of drug-likeness (QED) is 0.857. The van der Waals surface area contributed by atoms with Crippen molar-refractivity contribution in [3.05, 3.63) is 18.2 Å². The lowest BCUT2D eigenvalue weighted by Gasteiger charge is -2.28. The van der Waals surface area contributed by atoms with Crippen molar-refractivity contribution >= 4 is 0 Å². The molecule has 1 unspecified atom stereocenters. The number of imidazole rings is 1. The zero-order valence-electron chi connectivity index (χ0n) is 13.3. The number of likely N-dealkylation sites (N-methyl/N-ethyl adjacent to an activating group) is 1. The lowest BCUT2D eigenvalue weighted by atomic mass is 9.84. The second kappa shape index (κ2) is 8.46. The SMILES string of the molecule is CCCn1ccnc1CC(NC)C1CCCCCCC1. The third kappa shape index (κ3) is 4.34. The highest BCUT2D eigenvalue weighted by molar-refractivity contribution is 4.97. The van der Waals surface area contributed by atoms with Gasteiger partial charge >= 0.3 is 0 Å². The molecule has 1 aliphatic rings. The minimum Gasteiger partial charge on any atom is -0.335 e. The molecule has 0 bridgehead atoms. The number of aromatic nitrogens is 2. The number of hydrogen-bond acceptors (Lipinski definition) is 2. The molecule has 1 aromatic rings. The zero-order chi connectivity index (χ0) is 14.2. The Labute approximate surface area is 124 Å². The lowest BCUT2D eigenvalue weighted by Crippen LogP contribution is -2.36. The number of hydrogen-bond donors (Lipinski definition) is 1. The van der Waals surface area contributed by atoms with Crippen LogP contribution in [0, 0.1) is 5.92 Å². The van der Waals surface area contributed by atoms with Crippen molar-refractivity contribution < 1.29 is 0 Å². The van der Waals surface area contributed by atoms with Crippen molar-refractivity contribution in [1.29, 1.82) is 0 Å². The second-order valence-electron chi connectivity index (χ2n) is 6.24. The van der Waals surface area contributed by atoms with Crippen molar-refractivity contribution in [2.45, 2.75) is 77.3 Å². The van der Waals surface area contributed by atoms with Gasteiger partial charge in [-0.15, -0.1) is 0 Å². The van der Waals surface area contributed by atoms with Gasteiger partial charge in [-0.1, -0.05) is 39.0 Å². The zero-order valence-corrected chi connectivity index (χ0v) is 13.3. The van der Waals surface area contributed by atoms with Crippen LogP contribution in [0.2, 0.25) is 0 Å². The smallest absolute Gasteiger partial charge is 0.110 e. The van der Waals surface area contributed by atoms with E-state index in [4.69, 9.17) is 0 Å². The summed E-state index contributed by atoms with van der Waals surface area (Å²) in [6.07, 6.45) is 16.2. The van der Waals surface area contributed by atoms with Crippen LogP contribution in [0.5, 0.6) is 0 Å². The van der Waals surface area contributed by atoms with Crippen molar-refractivity contribution in [3.63, 3.8) is 0 Å². The Hall–Kier alpha value is -0.830. The molecule has 0 radical (unpaired) electrons. The Morgan fingerprint density at radius 2 is 1.95 bits per heavy atom. The Morgan fingerprint density at radius 3 is 2.60 bits per heavy atom. The molecule has 1 N–H and O–H groups in total. The van der Waals surface area contributed by atoms with Crippen LogP contribution < -0.4 is 5.32 Å². The summed E-state index contributed by atoms with van der Waals surface area (Å²) in [7, 11) is 2.12. The number of nitrogens with zero attached hydrogens (tertiary/aromatic N) is 2. The maximum atomic E-state index is 4.58. The molecule has 1 fully saturated rings. The monoisotopic (exact) mass is 277 g/mol. The molecule has 1 aliphatic carbocycles. The van der Waals surface area contributed by atoms with Crippen LogP contribution in [0.4, 0.5) is 0 Å². The van der Waals surface area contributed by atoms with E-state index in [0.717, 1.165) is 18.9 Å². The fraction of sp³-hybridized carbons (Fsp3) is 0.824. The number of nitrogens with one attached hydrogen (secondary N) is 1. The van der Waals surface area contributed by atoms with E-state index >= 15 is 0 Å². The number of rotatable bonds is 6. The summed E-state index contributed by atoms with van der Waals surface area (Å²) < 4.78 is 2.33. The van der Waals surface area contributed by atoms with E-state index < -0.39 is 0 Å². The van der Waals surface area contributed by atoms with Gasteiger partial charge in [0.25, 0.3) is 0 Å². The van der Waals surface area contributed by atoms with Crippen LogP contribution in [0.25, 0.3) is 0 Å². The van der Waals surface area contributed by atoms with Crippen molar-refractivity contribution in [1.82, 2.24) is 14.9 Å². The normalized spacial score (nSPS) is 19.5. The molecule has 1 saturated carbocycles. The largest absolute Gasteiger partial charge is 0.335 e. The van der Waals surface area contributed by atoms with Gasteiger partial charge in [0, 0.05) is 31.4 Å². The van der Waals surface area contributed by atoms with E-state index in [2.05, 4.69) is 35.0 Å². The van der Waals surface area contributed by atoms with Crippen molar-refractivity contribution in [3.8, 4) is 0 Å². The van der Waals surface area contributed by atoms with Gasteiger partial charge in [0.15, 0.2) is 0 Å². The van der Waals surface area contributed by atoms with Gasteiger partial charge in [0.05, 0.1) is 0 Å². The van der Waals surface area contributed by atoms with Gasteiger partial charge < -0.3 is 9.88 Å². The highest BCUT2D eigenvalue weighted by Gasteiger charge is 2.22. The Kier molecular flexibility index (Phi) is 6.58. The average Bonchev–Trinajstić information content (AvgIpc) is 2.84. The van der Waals surface area contributed by atoms with Gasteiger partial charge in [0.1, 0.15) is 5.82 Å². The molecule has 2 rings (SSSR count). The molecule has 0 aromatic carbocycles. The second-order valence-corrected chi connectivity index (χ2v) is 6.24. The fourth-order valence-electron chi connectivity index (χ4n) is 3.57. The van der Waals surface area contributed by atoms with E-state index in [0.29, 0.717) is 6.04 Å². The standard InChI is InChI=1S/C17H31N3/c1-3-12-20-13-11-19-17(20)14-16(18-2)15-9-7-5-4-6-8-10-15/h11,13,15-16,18H,3-10,12,14H2,1-2H3. The molecule has 20 heavy (non-hydrogen) atoms. The first-order valence-electron chi connectivity index (χ1n) is 8.52. The third-order valence-corrected chi connectivity index (χ3v) is 4.76. The van der Waals surface area contributed by atoms with Gasteiger partial charge in [0.2, 0.25) is 0 Å². The average molecular weight is 277 g/mol. The predicted octanol–water partition coefficient (Wildman–Crippen LogP) is 3.78. The Bertz CT molecular complexity index is 364. The van der Waals surface area contributed by atoms with Crippen LogP contribution in [-0.2, 0) is 13.0 Å². The Morgan fingerprint density at radius 1 is 1.25 bits per heavy atom. The molecular formula is C17H31N3. The molecule has 0 spiro atoms. The highest BCUT2D eigenvalue weighted by Crippen LogP contribution is 2.26. The van der Waals surface area contributed by atoms with E-state index in [1.54, 1.807) is 0 Å². The topological polar surface area (TPSA) is 29.9 Å². The third-order valence-electron chi connectivity index (χ3n) is 4.76. The van der Waals surface area contributed by atoms with Gasteiger partial charge in [-0.2, -0.15) is 0 Å². The van der Waals surface area contributed by atoms with Crippen LogP contribution in [-0.4, -0.2) is 22.6 Å². The molecular weight excluding hydrogens is 246 g/mol. The summed E-state index contributed by atoms with van der Waals surface area (Å²) in [4.78, 5) is 4.58. The summed E-state index contributed by atoms with van der Waals surface area (Å²) in [5, 5.41) is 3.57. The van der Waals surface area contributed by atoms with Crippen molar-refractivity contribution in [2.24, 2.45) is 5.92 Å². The molecule has 0 saturated heterocycles. The van der Waals surface area contributed by atoms with Crippen molar-refractivity contribution in [2.75, 3.05) is 7.05 Å². The van der Waals surface area contributed by atoms with Gasteiger partial charge in [-0.25, -0.2) is 4.98 Å². The molecule has 3 heteroatoms. The summed E-state index contributed by atoms with van der Waals surface area (Å²) in [5.41, 5.74) is 0. The molecule has 1 heterocycles. The van der Waals surface area contributed by atoms with Crippen LogP contribution >= 0.6 is 0 Å². The summed E-state index contributed by atoms with van der Waals surface area (Å²) in [6.45, 7) is 3.32. The van der Waals surface area contributed by atoms with Gasteiger partial charge in [-0.05, 0) is 32.2 Å². The molecule has 3 nitrogen and oxygen atoms in total. The first kappa shape index (κ1) is 15.6. The minimum absolute atomic E-state index is 0.589. The first-order valence-corrected chi connectivity index (χ1v) is 8.52. The van der Waals surface area contributed by atoms with E-state index in [9.17, 15) is 0 Å². The summed E-state index contributed by atoms with van der Waals surface area (Å²) in [5.74, 6) is 2.08. The number of aryl methyl sites for hydroxylation is 1. The molecule has 114 valence electrons. The van der Waals surface area contributed by atoms with E-state index in [1.807, 2.05) is 6.20 Å². The maximum Gasteiger partial charge on any atom is 0.110 e. The van der Waals surface area contributed by atoms with Gasteiger partial charge in [-0.3, -0.25) is 0 Å². The molecule has 0 aliphatic heterocycles. The molecule has 1 aromatic heterocycles. The fourth-order valence-corrected chi connectivity index (χ4v) is 3.57. The first-order chi connectivity index (χ1) is 9.85. The minimum atomic E-state index is 0.589. The lowest BCUT2D eigenvalue weighted by molar-refractivity contribution is 0.289. The van der Waals surface area contributed by atoms with Crippen LogP contribution in [0.3, 0.4) is 0 Å². The summed E-state index contributed by atoms with van der Waals surface area (Å²) in [6, 6.07) is 0.589. The maximum absolute atomic E-state index is 4.58. The van der Waals surface area contributed by atoms with Crippen LogP contribution in [0.15, 0.2) is 12.4 Å². The van der Waals surface area contributed by atoms with Crippen LogP contribution in [0.1, 0.15) is 64.1 Å². The predicted molar refractivity (Wildman–Crippen MR) is 84.9 cm³/mol. The van der Waals surface area contributed by atoms with E-state index in [1.165, 1.54) is 57.2 Å². The highest BCUT2D eigenvalue weighted by atomic mass is 15.1. The molecule has 1 atom stereocenters. The van der Waals surface area contributed by atoms with E-state index in [-0.39, 0.29) is 0 Å². The summed E-state index contributed by atoms with van der Waals surface area (Å²) >= 11 is 0. The Balaban J connectivity index is 1.97. The molecule has 0 amide bonds.